The molecule has 3 heteroatoms. The van der Waals surface area contributed by atoms with E-state index in [9.17, 15) is 0 Å². The highest BCUT2D eigenvalue weighted by Crippen LogP contribution is 2.08. The molecule has 88 valence electrons. The van der Waals surface area contributed by atoms with Gasteiger partial charge in [-0.25, -0.2) is 0 Å². The summed E-state index contributed by atoms with van der Waals surface area (Å²) in [6.45, 7) is 11.7. The van der Waals surface area contributed by atoms with Crippen molar-refractivity contribution in [2.24, 2.45) is 5.73 Å². The van der Waals surface area contributed by atoms with Crippen molar-refractivity contribution in [3.8, 4) is 0 Å². The maximum Gasteiger partial charge on any atom is 0.0564 e. The minimum atomic E-state index is -0.0611. The van der Waals surface area contributed by atoms with Gasteiger partial charge in [0, 0.05) is 26.2 Å². The van der Waals surface area contributed by atoms with Crippen molar-refractivity contribution >= 4 is 0 Å². The van der Waals surface area contributed by atoms with Gasteiger partial charge < -0.3 is 15.7 Å². The summed E-state index contributed by atoms with van der Waals surface area (Å²) >= 11 is 0. The van der Waals surface area contributed by atoms with Crippen molar-refractivity contribution in [3.63, 3.8) is 0 Å². The van der Waals surface area contributed by atoms with Gasteiger partial charge in [0.1, 0.15) is 0 Å². The van der Waals surface area contributed by atoms with E-state index in [0.717, 1.165) is 39.0 Å². The maximum atomic E-state index is 9.14. The first kappa shape index (κ1) is 16.3. The van der Waals surface area contributed by atoms with Crippen LogP contribution in [0.3, 0.4) is 0 Å². The van der Waals surface area contributed by atoms with Crippen molar-refractivity contribution in [2.75, 3.05) is 26.2 Å². The molecule has 0 saturated carbocycles. The Morgan fingerprint density at radius 1 is 1.14 bits per heavy atom. The first-order chi connectivity index (χ1) is 6.83. The molecular weight excluding hydrogens is 176 g/mol. The summed E-state index contributed by atoms with van der Waals surface area (Å²) in [5.41, 5.74) is 5.39. The number of hydrogen-bond donors (Lipinski definition) is 2. The molecular formula is C11H28N2O. The van der Waals surface area contributed by atoms with Gasteiger partial charge in [-0.2, -0.15) is 0 Å². The number of nitrogens with zero attached hydrogens (tertiary/aromatic N) is 1. The van der Waals surface area contributed by atoms with Gasteiger partial charge in [-0.15, -0.1) is 0 Å². The van der Waals surface area contributed by atoms with Crippen molar-refractivity contribution in [1.82, 2.24) is 4.90 Å². The molecule has 3 nitrogen and oxygen atoms in total. The number of nitrogens with two attached hydrogens (primary N) is 1. The van der Waals surface area contributed by atoms with Crippen molar-refractivity contribution in [1.29, 1.82) is 0 Å². The zero-order valence-electron chi connectivity index (χ0n) is 10.3. The van der Waals surface area contributed by atoms with Crippen molar-refractivity contribution in [2.45, 2.75) is 46.6 Å². The number of aliphatic hydroxyl groups is 1. The molecule has 1 saturated heterocycles. The highest BCUT2D eigenvalue weighted by atomic mass is 16.3. The number of piperidine rings is 1. The third kappa shape index (κ3) is 8.48. The minimum absolute atomic E-state index is 0.0611. The van der Waals surface area contributed by atoms with E-state index in [2.05, 4.69) is 4.90 Å². The first-order valence-electron chi connectivity index (χ1n) is 5.93. The molecule has 14 heavy (non-hydrogen) atoms. The molecule has 1 rings (SSSR count). The van der Waals surface area contributed by atoms with Gasteiger partial charge in [0.25, 0.3) is 0 Å². The summed E-state index contributed by atoms with van der Waals surface area (Å²) in [4.78, 5) is 2.30. The van der Waals surface area contributed by atoms with Crippen molar-refractivity contribution in [3.05, 3.63) is 0 Å². The molecule has 1 heterocycles. The lowest BCUT2D eigenvalue weighted by molar-refractivity contribution is 0.0841. The normalized spacial score (nSPS) is 17.6. The maximum absolute atomic E-state index is 9.14. The van der Waals surface area contributed by atoms with Crippen LogP contribution in [0, 0.1) is 0 Å². The number of likely N-dealkylation sites (tertiary alicyclic amines) is 1. The van der Waals surface area contributed by atoms with Crippen LogP contribution in [0.5, 0.6) is 0 Å². The number of aliphatic hydroxyl groups excluding tert-OH is 1. The van der Waals surface area contributed by atoms with Crippen LogP contribution >= 0.6 is 0 Å². The molecule has 0 spiro atoms. The molecule has 3 N–H and O–H groups in total. The van der Waals surface area contributed by atoms with Gasteiger partial charge >= 0.3 is 0 Å². The van der Waals surface area contributed by atoms with Gasteiger partial charge in [-0.05, 0) is 12.8 Å². The molecule has 0 amide bonds. The lowest BCUT2D eigenvalue weighted by Gasteiger charge is -2.28. The van der Waals surface area contributed by atoms with E-state index < -0.39 is 0 Å². The summed E-state index contributed by atoms with van der Waals surface area (Å²) in [7, 11) is 0. The highest BCUT2D eigenvalue weighted by molar-refractivity contribution is 4.70. The third-order valence-corrected chi connectivity index (χ3v) is 2.00. The third-order valence-electron chi connectivity index (χ3n) is 2.00. The fraction of sp³-hybridized carbons (Fsp3) is 1.00. The van der Waals surface area contributed by atoms with Gasteiger partial charge in [-0.1, -0.05) is 27.7 Å². The van der Waals surface area contributed by atoms with Crippen LogP contribution in [-0.4, -0.2) is 42.3 Å². The summed E-state index contributed by atoms with van der Waals surface area (Å²) in [5.74, 6) is 0. The molecule has 0 radical (unpaired) electrons. The quantitative estimate of drug-likeness (QED) is 0.716. The second kappa shape index (κ2) is 12.9. The zero-order valence-corrected chi connectivity index (χ0v) is 10.3. The predicted molar refractivity (Wildman–Crippen MR) is 63.4 cm³/mol. The summed E-state index contributed by atoms with van der Waals surface area (Å²) < 4.78 is 0. The standard InChI is InChI=1S/C7H16N2O.2C2H6/c8-3-6-9-4-1-7(10)2-5-9;2*1-2/h7,10H,1-6,8H2;2*1-2H3. The van der Waals surface area contributed by atoms with E-state index in [1.807, 2.05) is 27.7 Å². The second-order valence-electron chi connectivity index (χ2n) is 2.86. The average Bonchev–Trinajstić information content (AvgIpc) is 2.28. The van der Waals surface area contributed by atoms with Crippen molar-refractivity contribution < 1.29 is 5.11 Å². The van der Waals surface area contributed by atoms with Crippen LogP contribution in [0.15, 0.2) is 0 Å². The second-order valence-corrected chi connectivity index (χ2v) is 2.86. The van der Waals surface area contributed by atoms with E-state index in [0.29, 0.717) is 0 Å². The largest absolute Gasteiger partial charge is 0.393 e. The molecule has 0 bridgehead atoms. The molecule has 1 aliphatic heterocycles. The van der Waals surface area contributed by atoms with E-state index in [1.54, 1.807) is 0 Å². The Hall–Kier alpha value is -0.120. The summed E-state index contributed by atoms with van der Waals surface area (Å²) in [5, 5.41) is 9.14. The van der Waals surface area contributed by atoms with Crippen LogP contribution in [0.4, 0.5) is 0 Å². The Bertz CT molecular complexity index is 91.3. The zero-order chi connectivity index (χ0) is 11.4. The number of rotatable bonds is 2. The molecule has 0 atom stereocenters. The Morgan fingerprint density at radius 2 is 1.57 bits per heavy atom. The lowest BCUT2D eigenvalue weighted by atomic mass is 10.1. The van der Waals surface area contributed by atoms with E-state index in [4.69, 9.17) is 10.8 Å². The molecule has 0 aromatic carbocycles. The van der Waals surface area contributed by atoms with Crippen LogP contribution in [0.2, 0.25) is 0 Å². The molecule has 0 aromatic heterocycles. The monoisotopic (exact) mass is 204 g/mol. The fourth-order valence-corrected chi connectivity index (χ4v) is 1.33. The van der Waals surface area contributed by atoms with Gasteiger partial charge in [0.15, 0.2) is 0 Å². The van der Waals surface area contributed by atoms with E-state index in [1.165, 1.54) is 0 Å². The first-order valence-corrected chi connectivity index (χ1v) is 5.93. The molecule has 1 aliphatic rings. The van der Waals surface area contributed by atoms with Crippen LogP contribution in [0.1, 0.15) is 40.5 Å². The predicted octanol–water partition coefficient (Wildman–Crippen LogP) is 1.45. The topological polar surface area (TPSA) is 49.5 Å². The fourth-order valence-electron chi connectivity index (χ4n) is 1.33. The Kier molecular flexibility index (Phi) is 15.0. The molecule has 0 aliphatic carbocycles. The van der Waals surface area contributed by atoms with Gasteiger partial charge in [0.2, 0.25) is 0 Å². The van der Waals surface area contributed by atoms with Crippen LogP contribution < -0.4 is 5.73 Å². The molecule has 0 unspecified atom stereocenters. The van der Waals surface area contributed by atoms with Gasteiger partial charge in [-0.3, -0.25) is 0 Å². The highest BCUT2D eigenvalue weighted by Gasteiger charge is 2.15. The Balaban J connectivity index is 0. The summed E-state index contributed by atoms with van der Waals surface area (Å²) in [6, 6.07) is 0. The lowest BCUT2D eigenvalue weighted by Crippen LogP contribution is -2.38. The SMILES string of the molecule is CC.CC.NCCN1CCC(O)CC1. The van der Waals surface area contributed by atoms with Gasteiger partial charge in [0.05, 0.1) is 6.10 Å². The van der Waals surface area contributed by atoms with E-state index in [-0.39, 0.29) is 6.10 Å². The smallest absolute Gasteiger partial charge is 0.0564 e. The summed E-state index contributed by atoms with van der Waals surface area (Å²) in [6.07, 6.45) is 1.77. The molecule has 1 fully saturated rings. The Morgan fingerprint density at radius 3 is 1.93 bits per heavy atom. The minimum Gasteiger partial charge on any atom is -0.393 e. The average molecular weight is 204 g/mol. The Labute approximate surface area is 89.3 Å². The number of hydrogen-bond acceptors (Lipinski definition) is 3. The van der Waals surface area contributed by atoms with Crippen LogP contribution in [0.25, 0.3) is 0 Å². The molecule has 0 aromatic rings. The van der Waals surface area contributed by atoms with E-state index >= 15 is 0 Å². The van der Waals surface area contributed by atoms with Crippen LogP contribution in [-0.2, 0) is 0 Å².